The van der Waals surface area contributed by atoms with Gasteiger partial charge in [-0.3, -0.25) is 14.5 Å². The molecule has 4 aromatic carbocycles. The van der Waals surface area contributed by atoms with Crippen molar-refractivity contribution < 1.29 is 18.4 Å². The summed E-state index contributed by atoms with van der Waals surface area (Å²) in [7, 11) is 1.96. The maximum atomic E-state index is 15.1. The highest BCUT2D eigenvalue weighted by molar-refractivity contribution is 7.22. The third-order valence-electron chi connectivity index (χ3n) is 9.19. The maximum Gasteiger partial charge on any atom is 0.321 e. The molecule has 0 saturated carbocycles. The molecule has 1 aliphatic heterocycles. The summed E-state index contributed by atoms with van der Waals surface area (Å²) in [6, 6.07) is 29.5. The number of carbonyl (C=O) groups is 2. The summed E-state index contributed by atoms with van der Waals surface area (Å²) < 4.78 is 31.8. The molecule has 0 bridgehead atoms. The number of carbonyl (C=O) groups excluding carboxylic acids is 2. The molecule has 0 unspecified atom stereocenters. The third kappa shape index (κ3) is 7.24. The summed E-state index contributed by atoms with van der Waals surface area (Å²) in [5.41, 5.74) is 2.89. The molecule has 1 saturated heterocycles. The van der Waals surface area contributed by atoms with Crippen molar-refractivity contribution in [2.24, 2.45) is 0 Å². The highest BCUT2D eigenvalue weighted by Gasteiger charge is 2.26. The number of nitrogens with one attached hydrogen (secondary N) is 1. The molecule has 51 heavy (non-hydrogen) atoms. The van der Waals surface area contributed by atoms with Gasteiger partial charge in [-0.2, -0.15) is 0 Å². The molecule has 7 rings (SSSR count). The van der Waals surface area contributed by atoms with Gasteiger partial charge in [0, 0.05) is 54.1 Å². The van der Waals surface area contributed by atoms with E-state index in [1.807, 2.05) is 61.6 Å². The predicted octanol–water partition coefficient (Wildman–Crippen LogP) is 8.55. The van der Waals surface area contributed by atoms with Gasteiger partial charge in [0.25, 0.3) is 0 Å². The minimum Gasteiger partial charge on any atom is -0.334 e. The van der Waals surface area contributed by atoms with Crippen LogP contribution in [0.5, 0.6) is 0 Å². The summed E-state index contributed by atoms with van der Waals surface area (Å²) in [6.45, 7) is 2.18. The van der Waals surface area contributed by atoms with Gasteiger partial charge in [-0.1, -0.05) is 78.9 Å². The number of aromatic nitrogens is 1. The average molecular weight is 703 g/mol. The number of rotatable bonds is 10. The quantitative estimate of drug-likeness (QED) is 0.145. The van der Waals surface area contributed by atoms with E-state index in [4.69, 9.17) is 0 Å². The van der Waals surface area contributed by atoms with Crippen molar-refractivity contribution in [2.75, 3.05) is 25.5 Å². The van der Waals surface area contributed by atoms with Crippen LogP contribution in [0.4, 0.5) is 19.3 Å². The average Bonchev–Trinajstić information content (AvgIpc) is 3.82. The van der Waals surface area contributed by atoms with Crippen LogP contribution in [0.25, 0.3) is 20.7 Å². The fourth-order valence-electron chi connectivity index (χ4n) is 6.61. The van der Waals surface area contributed by atoms with Crippen LogP contribution in [-0.2, 0) is 19.6 Å². The number of benzene rings is 4. The van der Waals surface area contributed by atoms with Gasteiger partial charge in [-0.25, -0.2) is 13.6 Å². The number of anilines is 1. The smallest absolute Gasteiger partial charge is 0.321 e. The van der Waals surface area contributed by atoms with E-state index in [9.17, 15) is 14.4 Å². The van der Waals surface area contributed by atoms with E-state index in [0.29, 0.717) is 40.1 Å². The van der Waals surface area contributed by atoms with E-state index in [0.717, 1.165) is 41.9 Å². The van der Waals surface area contributed by atoms with Crippen LogP contribution in [0, 0.1) is 11.6 Å². The van der Waals surface area contributed by atoms with Crippen molar-refractivity contribution in [3.05, 3.63) is 159 Å². The zero-order valence-corrected chi connectivity index (χ0v) is 28.9. The number of fused-ring (bicyclic) bond motifs is 1. The summed E-state index contributed by atoms with van der Waals surface area (Å²) in [6.07, 6.45) is 3.41. The summed E-state index contributed by atoms with van der Waals surface area (Å²) in [4.78, 5) is 46.4. The first kappa shape index (κ1) is 34.0. The number of pyridine rings is 1. The molecular weight excluding hydrogens is 667 g/mol. The van der Waals surface area contributed by atoms with Crippen molar-refractivity contribution >= 4 is 39.1 Å². The number of likely N-dealkylation sites (tertiary alicyclic amines) is 1. The molecule has 0 radical (unpaired) electrons. The topological polar surface area (TPSA) is 74.7 Å². The molecule has 7 nitrogen and oxygen atoms in total. The van der Waals surface area contributed by atoms with Gasteiger partial charge in [-0.05, 0) is 60.8 Å². The summed E-state index contributed by atoms with van der Waals surface area (Å²) in [5.74, 6) is -1.91. The van der Waals surface area contributed by atoms with Gasteiger partial charge >= 0.3 is 6.03 Å². The van der Waals surface area contributed by atoms with Crippen LogP contribution in [0.1, 0.15) is 45.5 Å². The Balaban J connectivity index is 1.38. The Kier molecular flexibility index (Phi) is 9.87. The Hall–Kier alpha value is -5.45. The molecule has 3 heterocycles. The van der Waals surface area contributed by atoms with Gasteiger partial charge in [0.1, 0.15) is 16.5 Å². The Labute approximate surface area is 298 Å². The van der Waals surface area contributed by atoms with Crippen molar-refractivity contribution in [2.45, 2.75) is 32.5 Å². The van der Waals surface area contributed by atoms with Crippen LogP contribution in [0.3, 0.4) is 0 Å². The van der Waals surface area contributed by atoms with E-state index in [-0.39, 0.29) is 23.7 Å². The number of hydrogen-bond donors (Lipinski definition) is 1. The minimum atomic E-state index is -0.719. The van der Waals surface area contributed by atoms with Crippen molar-refractivity contribution in [1.29, 1.82) is 0 Å². The Bertz CT molecular complexity index is 2240. The molecule has 10 heteroatoms. The Morgan fingerprint density at radius 3 is 2.12 bits per heavy atom. The van der Waals surface area contributed by atoms with Gasteiger partial charge < -0.3 is 14.8 Å². The van der Waals surface area contributed by atoms with Gasteiger partial charge in [0.2, 0.25) is 5.43 Å². The molecule has 6 aromatic rings. The molecule has 2 aromatic heterocycles. The lowest BCUT2D eigenvalue weighted by molar-refractivity contribution is 0.103. The molecule has 2 amide bonds. The molecular formula is C41H36F2N4O3S. The zero-order valence-electron chi connectivity index (χ0n) is 28.1. The van der Waals surface area contributed by atoms with E-state index in [1.54, 1.807) is 39.8 Å². The highest BCUT2D eigenvalue weighted by Crippen LogP contribution is 2.39. The van der Waals surface area contributed by atoms with Gasteiger partial charge in [0.05, 0.1) is 17.5 Å². The zero-order chi connectivity index (χ0) is 35.5. The van der Waals surface area contributed by atoms with Crippen molar-refractivity contribution in [3.8, 4) is 10.4 Å². The standard InChI is InChI=1S/C41H36F2N4O3S/c1-45(23-27-11-4-2-5-12-27)24-32-36-38(49)33(37(48)28-13-6-3-7-14-28)26-47(25-31-34(42)15-10-16-35(31)43)40(36)51-39(32)29-17-19-30(20-18-29)44-41(50)46-21-8-9-22-46/h2-7,10-20,26H,8-9,21-25H2,1H3,(H,44,50). The molecule has 0 atom stereocenters. The monoisotopic (exact) mass is 702 g/mol. The molecule has 1 N–H and O–H groups in total. The van der Waals surface area contributed by atoms with E-state index in [2.05, 4.69) is 10.2 Å². The lowest BCUT2D eigenvalue weighted by Crippen LogP contribution is -2.32. The van der Waals surface area contributed by atoms with E-state index < -0.39 is 22.8 Å². The molecule has 1 fully saturated rings. The number of halogens is 2. The summed E-state index contributed by atoms with van der Waals surface area (Å²) >= 11 is 1.34. The number of nitrogens with zero attached hydrogens (tertiary/aromatic N) is 3. The first-order valence-electron chi connectivity index (χ1n) is 16.9. The Morgan fingerprint density at radius 1 is 0.804 bits per heavy atom. The maximum absolute atomic E-state index is 15.1. The molecule has 258 valence electrons. The van der Waals surface area contributed by atoms with Crippen LogP contribution >= 0.6 is 11.3 Å². The number of thiophene rings is 1. The first-order chi connectivity index (χ1) is 24.8. The number of hydrogen-bond acceptors (Lipinski definition) is 5. The largest absolute Gasteiger partial charge is 0.334 e. The number of ketones is 1. The number of urea groups is 1. The van der Waals surface area contributed by atoms with Crippen LogP contribution in [-0.4, -0.2) is 46.3 Å². The van der Waals surface area contributed by atoms with Crippen LogP contribution < -0.4 is 10.7 Å². The third-order valence-corrected chi connectivity index (χ3v) is 10.5. The SMILES string of the molecule is CN(Cc1ccccc1)Cc1c(-c2ccc(NC(=O)N3CCCC3)cc2)sc2c1c(=O)c(C(=O)c1ccccc1)cn2Cc1c(F)cccc1F. The molecule has 1 aliphatic rings. The predicted molar refractivity (Wildman–Crippen MR) is 198 cm³/mol. The second kappa shape index (κ2) is 14.8. The lowest BCUT2D eigenvalue weighted by Gasteiger charge is -2.18. The fraction of sp³-hybridized carbons (Fsp3) is 0.195. The Morgan fingerprint density at radius 2 is 1.45 bits per heavy atom. The molecule has 0 spiro atoms. The highest BCUT2D eigenvalue weighted by atomic mass is 32.1. The lowest BCUT2D eigenvalue weighted by atomic mass is 10.00. The number of amides is 2. The second-order valence-corrected chi connectivity index (χ2v) is 13.8. The first-order valence-corrected chi connectivity index (χ1v) is 17.7. The van der Waals surface area contributed by atoms with Gasteiger partial charge in [0.15, 0.2) is 5.78 Å². The van der Waals surface area contributed by atoms with Gasteiger partial charge in [-0.15, -0.1) is 11.3 Å². The van der Waals surface area contributed by atoms with Crippen LogP contribution in [0.15, 0.2) is 114 Å². The minimum absolute atomic E-state index is 0.0817. The normalized spacial score (nSPS) is 12.9. The van der Waals surface area contributed by atoms with Crippen molar-refractivity contribution in [1.82, 2.24) is 14.4 Å². The summed E-state index contributed by atoms with van der Waals surface area (Å²) in [5, 5.41) is 3.31. The second-order valence-electron chi connectivity index (χ2n) is 12.8. The fourth-order valence-corrected chi connectivity index (χ4v) is 7.90. The van der Waals surface area contributed by atoms with Crippen LogP contribution in [0.2, 0.25) is 0 Å². The van der Waals surface area contributed by atoms with E-state index in [1.165, 1.54) is 35.7 Å². The van der Waals surface area contributed by atoms with E-state index >= 15 is 8.78 Å². The molecule has 0 aliphatic carbocycles. The van der Waals surface area contributed by atoms with Crippen molar-refractivity contribution in [3.63, 3.8) is 0 Å².